The normalized spacial score (nSPS) is 13.8. The predicted molar refractivity (Wildman–Crippen MR) is 112 cm³/mol. The molecule has 28 heavy (non-hydrogen) atoms. The fraction of sp³-hybridized carbons (Fsp3) is 0.273. The maximum absolute atomic E-state index is 12.4. The first-order valence-corrected chi connectivity index (χ1v) is 10.4. The van der Waals surface area contributed by atoms with E-state index < -0.39 is 0 Å². The second-order valence-electron chi connectivity index (χ2n) is 6.78. The highest BCUT2D eigenvalue weighted by atomic mass is 32.1. The molecule has 144 valence electrons. The molecule has 0 spiro atoms. The van der Waals surface area contributed by atoms with E-state index in [0.717, 1.165) is 37.5 Å². The summed E-state index contributed by atoms with van der Waals surface area (Å²) in [5.74, 6) is 0.606. The Hall–Kier alpha value is -2.70. The molecule has 6 heteroatoms. The van der Waals surface area contributed by atoms with Crippen molar-refractivity contribution in [3.63, 3.8) is 0 Å². The molecule has 0 aliphatic carbocycles. The molecular formula is C22H23N3O2S. The number of hydrogen-bond acceptors (Lipinski definition) is 5. The van der Waals surface area contributed by atoms with Gasteiger partial charge in [0, 0.05) is 30.6 Å². The van der Waals surface area contributed by atoms with E-state index in [1.165, 1.54) is 22.5 Å². The van der Waals surface area contributed by atoms with Crippen LogP contribution in [0.1, 0.15) is 34.1 Å². The van der Waals surface area contributed by atoms with Gasteiger partial charge < -0.3 is 4.74 Å². The molecule has 0 bridgehead atoms. The Morgan fingerprint density at radius 2 is 1.96 bits per heavy atom. The van der Waals surface area contributed by atoms with Crippen LogP contribution in [0.3, 0.4) is 0 Å². The SMILES string of the molecule is CCOc1ccc(C(=O)Nc2nc(CN3CCc4ccccc4C3)cs2)cc1. The summed E-state index contributed by atoms with van der Waals surface area (Å²) >= 11 is 1.46. The summed E-state index contributed by atoms with van der Waals surface area (Å²) < 4.78 is 5.41. The monoisotopic (exact) mass is 393 g/mol. The van der Waals surface area contributed by atoms with Crippen LogP contribution in [0.2, 0.25) is 0 Å². The lowest BCUT2D eigenvalue weighted by Gasteiger charge is -2.27. The van der Waals surface area contributed by atoms with Gasteiger partial charge in [0.1, 0.15) is 5.75 Å². The Morgan fingerprint density at radius 3 is 2.75 bits per heavy atom. The molecule has 0 saturated carbocycles. The van der Waals surface area contributed by atoms with Gasteiger partial charge in [-0.2, -0.15) is 0 Å². The van der Waals surface area contributed by atoms with E-state index in [1.54, 1.807) is 24.3 Å². The van der Waals surface area contributed by atoms with Crippen LogP contribution in [-0.2, 0) is 19.5 Å². The first-order valence-electron chi connectivity index (χ1n) is 9.49. The van der Waals surface area contributed by atoms with E-state index in [-0.39, 0.29) is 5.91 Å². The summed E-state index contributed by atoms with van der Waals surface area (Å²) in [5, 5.41) is 5.55. The van der Waals surface area contributed by atoms with Gasteiger partial charge in [0.05, 0.1) is 12.3 Å². The molecule has 1 aromatic heterocycles. The molecule has 3 aromatic rings. The highest BCUT2D eigenvalue weighted by Gasteiger charge is 2.17. The lowest BCUT2D eigenvalue weighted by molar-refractivity contribution is 0.102. The van der Waals surface area contributed by atoms with Crippen LogP contribution in [-0.4, -0.2) is 28.9 Å². The van der Waals surface area contributed by atoms with E-state index in [9.17, 15) is 4.79 Å². The molecule has 2 aromatic carbocycles. The summed E-state index contributed by atoms with van der Waals surface area (Å²) in [6.07, 6.45) is 1.07. The first kappa shape index (κ1) is 18.7. The van der Waals surface area contributed by atoms with E-state index >= 15 is 0 Å². The first-order chi connectivity index (χ1) is 13.7. The third kappa shape index (κ3) is 4.40. The lowest BCUT2D eigenvalue weighted by Crippen LogP contribution is -2.30. The number of amides is 1. The van der Waals surface area contributed by atoms with Crippen LogP contribution >= 0.6 is 11.3 Å². The van der Waals surface area contributed by atoms with Crippen molar-refractivity contribution in [2.45, 2.75) is 26.4 Å². The molecule has 0 radical (unpaired) electrons. The zero-order chi connectivity index (χ0) is 19.3. The summed E-state index contributed by atoms with van der Waals surface area (Å²) in [7, 11) is 0. The zero-order valence-corrected chi connectivity index (χ0v) is 16.7. The smallest absolute Gasteiger partial charge is 0.257 e. The molecule has 1 N–H and O–H groups in total. The molecule has 1 amide bonds. The number of benzene rings is 2. The van der Waals surface area contributed by atoms with Crippen LogP contribution < -0.4 is 10.1 Å². The summed E-state index contributed by atoms with van der Waals surface area (Å²) in [4.78, 5) is 19.4. The number of nitrogens with zero attached hydrogens (tertiary/aromatic N) is 2. The molecule has 0 unspecified atom stereocenters. The van der Waals surface area contributed by atoms with E-state index in [4.69, 9.17) is 4.74 Å². The van der Waals surface area contributed by atoms with Crippen molar-refractivity contribution in [1.29, 1.82) is 0 Å². The number of carbonyl (C=O) groups excluding carboxylic acids is 1. The second-order valence-corrected chi connectivity index (χ2v) is 7.64. The number of anilines is 1. The molecule has 4 rings (SSSR count). The van der Waals surface area contributed by atoms with Crippen LogP contribution in [0.4, 0.5) is 5.13 Å². The average molecular weight is 394 g/mol. The van der Waals surface area contributed by atoms with Crippen molar-refractivity contribution in [2.24, 2.45) is 0 Å². The number of thiazole rings is 1. The van der Waals surface area contributed by atoms with Crippen molar-refractivity contribution in [3.05, 3.63) is 76.3 Å². The van der Waals surface area contributed by atoms with Gasteiger partial charge in [0.15, 0.2) is 5.13 Å². The molecule has 0 saturated heterocycles. The van der Waals surface area contributed by atoms with Crippen LogP contribution in [0.25, 0.3) is 0 Å². The number of rotatable bonds is 6. The quantitative estimate of drug-likeness (QED) is 0.676. The van der Waals surface area contributed by atoms with E-state index in [1.807, 2.05) is 12.3 Å². The lowest BCUT2D eigenvalue weighted by atomic mass is 10.00. The van der Waals surface area contributed by atoms with Gasteiger partial charge in [0.25, 0.3) is 5.91 Å². The van der Waals surface area contributed by atoms with Gasteiger partial charge in [-0.25, -0.2) is 4.98 Å². The van der Waals surface area contributed by atoms with Gasteiger partial charge in [-0.05, 0) is 48.7 Å². The van der Waals surface area contributed by atoms with Crippen molar-refractivity contribution in [3.8, 4) is 5.75 Å². The minimum atomic E-state index is -0.157. The minimum absolute atomic E-state index is 0.157. The largest absolute Gasteiger partial charge is 0.494 e. The Morgan fingerprint density at radius 1 is 1.18 bits per heavy atom. The number of aromatic nitrogens is 1. The minimum Gasteiger partial charge on any atom is -0.494 e. The molecule has 1 aliphatic heterocycles. The van der Waals surface area contributed by atoms with Crippen molar-refractivity contribution in [1.82, 2.24) is 9.88 Å². The Balaban J connectivity index is 1.35. The topological polar surface area (TPSA) is 54.5 Å². The van der Waals surface area contributed by atoms with Crippen molar-refractivity contribution < 1.29 is 9.53 Å². The standard InChI is InChI=1S/C22H23N3O2S/c1-2-27-20-9-7-17(8-10-20)21(26)24-22-23-19(15-28-22)14-25-12-11-16-5-3-4-6-18(16)13-25/h3-10,15H,2,11-14H2,1H3,(H,23,24,26). The van der Waals surface area contributed by atoms with Gasteiger partial charge >= 0.3 is 0 Å². The van der Waals surface area contributed by atoms with Gasteiger partial charge in [-0.15, -0.1) is 11.3 Å². The highest BCUT2D eigenvalue weighted by Crippen LogP contribution is 2.23. The number of hydrogen-bond donors (Lipinski definition) is 1. The Labute approximate surface area is 169 Å². The zero-order valence-electron chi connectivity index (χ0n) is 15.9. The molecular weight excluding hydrogens is 370 g/mol. The van der Waals surface area contributed by atoms with Gasteiger partial charge in [0.2, 0.25) is 0 Å². The molecule has 0 fully saturated rings. The second kappa shape index (κ2) is 8.54. The third-order valence-electron chi connectivity index (χ3n) is 4.80. The fourth-order valence-corrected chi connectivity index (χ4v) is 4.09. The van der Waals surface area contributed by atoms with Crippen LogP contribution in [0.15, 0.2) is 53.9 Å². The van der Waals surface area contributed by atoms with Crippen molar-refractivity contribution in [2.75, 3.05) is 18.5 Å². The van der Waals surface area contributed by atoms with Crippen molar-refractivity contribution >= 4 is 22.4 Å². The highest BCUT2D eigenvalue weighted by molar-refractivity contribution is 7.13. The summed E-state index contributed by atoms with van der Waals surface area (Å²) in [6.45, 7) is 5.31. The predicted octanol–water partition coefficient (Wildman–Crippen LogP) is 4.35. The average Bonchev–Trinajstić information content (AvgIpc) is 3.15. The maximum Gasteiger partial charge on any atom is 0.257 e. The maximum atomic E-state index is 12.4. The van der Waals surface area contributed by atoms with E-state index in [2.05, 4.69) is 39.5 Å². The van der Waals surface area contributed by atoms with Gasteiger partial charge in [-0.1, -0.05) is 24.3 Å². The number of nitrogens with one attached hydrogen (secondary N) is 1. The molecule has 0 atom stereocenters. The number of carbonyl (C=O) groups is 1. The van der Waals surface area contributed by atoms with Crippen LogP contribution in [0, 0.1) is 0 Å². The molecule has 5 nitrogen and oxygen atoms in total. The van der Waals surface area contributed by atoms with Crippen LogP contribution in [0.5, 0.6) is 5.75 Å². The number of ether oxygens (including phenoxy) is 1. The van der Waals surface area contributed by atoms with Gasteiger partial charge in [-0.3, -0.25) is 15.0 Å². The summed E-state index contributed by atoms with van der Waals surface area (Å²) in [6, 6.07) is 15.8. The number of fused-ring (bicyclic) bond motifs is 1. The Kier molecular flexibility index (Phi) is 5.69. The third-order valence-corrected chi connectivity index (χ3v) is 5.60. The van der Waals surface area contributed by atoms with E-state index in [0.29, 0.717) is 17.3 Å². The Bertz CT molecular complexity index is 952. The molecule has 2 heterocycles. The summed E-state index contributed by atoms with van der Waals surface area (Å²) in [5.41, 5.74) is 4.42. The molecule has 1 aliphatic rings. The fourth-order valence-electron chi connectivity index (χ4n) is 3.39.